The second kappa shape index (κ2) is 8.91. The van der Waals surface area contributed by atoms with Crippen molar-refractivity contribution in [1.29, 1.82) is 0 Å². The van der Waals surface area contributed by atoms with Gasteiger partial charge in [0.25, 0.3) is 5.91 Å². The van der Waals surface area contributed by atoms with Crippen LogP contribution < -0.4 is 0 Å². The molecule has 1 saturated heterocycles. The number of hydrogen-bond acceptors (Lipinski definition) is 2. The maximum Gasteiger partial charge on any atom is 0.416 e. The molecule has 4 nitrogen and oxygen atoms in total. The SMILES string of the molecule is CC(C)N(C)C(=O)[C@H]1CN(C(=O)c2cccc(Cl)c2)C[C@@H]1c1cccc(C(F)(F)F)c1. The molecule has 0 N–H and O–H groups in total. The highest BCUT2D eigenvalue weighted by Gasteiger charge is 2.42. The third-order valence-corrected chi connectivity index (χ3v) is 6.00. The smallest absolute Gasteiger partial charge is 0.343 e. The third-order valence-electron chi connectivity index (χ3n) is 5.76. The van der Waals surface area contributed by atoms with Crippen molar-refractivity contribution in [3.8, 4) is 0 Å². The Morgan fingerprint density at radius 3 is 2.39 bits per heavy atom. The summed E-state index contributed by atoms with van der Waals surface area (Å²) in [4.78, 5) is 29.3. The zero-order valence-electron chi connectivity index (χ0n) is 17.5. The van der Waals surface area contributed by atoms with E-state index in [0.717, 1.165) is 12.1 Å². The normalized spacial score (nSPS) is 19.0. The summed E-state index contributed by atoms with van der Waals surface area (Å²) >= 11 is 6.00. The lowest BCUT2D eigenvalue weighted by molar-refractivity contribution is -0.137. The Bertz CT molecular complexity index is 977. The molecule has 1 aliphatic rings. The first kappa shape index (κ1) is 23.1. The van der Waals surface area contributed by atoms with Crippen LogP contribution in [0, 0.1) is 5.92 Å². The van der Waals surface area contributed by atoms with E-state index in [0.29, 0.717) is 16.1 Å². The number of alkyl halides is 3. The van der Waals surface area contributed by atoms with Crippen molar-refractivity contribution in [2.24, 2.45) is 5.92 Å². The summed E-state index contributed by atoms with van der Waals surface area (Å²) in [6.07, 6.45) is -4.49. The van der Waals surface area contributed by atoms with Gasteiger partial charge >= 0.3 is 6.18 Å². The number of nitrogens with zero attached hydrogens (tertiary/aromatic N) is 2. The van der Waals surface area contributed by atoms with Gasteiger partial charge in [-0.25, -0.2) is 0 Å². The molecule has 1 fully saturated rings. The van der Waals surface area contributed by atoms with Crippen LogP contribution in [-0.4, -0.2) is 47.8 Å². The average Bonchev–Trinajstić information content (AvgIpc) is 3.17. The van der Waals surface area contributed by atoms with E-state index >= 15 is 0 Å². The predicted molar refractivity (Wildman–Crippen MR) is 113 cm³/mol. The van der Waals surface area contributed by atoms with Gasteiger partial charge in [-0.3, -0.25) is 9.59 Å². The van der Waals surface area contributed by atoms with Crippen LogP contribution in [0.5, 0.6) is 0 Å². The molecule has 0 aliphatic carbocycles. The van der Waals surface area contributed by atoms with Crippen LogP contribution in [0.25, 0.3) is 0 Å². The topological polar surface area (TPSA) is 40.6 Å². The van der Waals surface area contributed by atoms with Gasteiger partial charge in [0, 0.05) is 42.7 Å². The van der Waals surface area contributed by atoms with E-state index in [2.05, 4.69) is 0 Å². The fraction of sp³-hybridized carbons (Fsp3) is 0.391. The highest BCUT2D eigenvalue weighted by Crippen LogP contribution is 2.38. The molecule has 1 aliphatic heterocycles. The van der Waals surface area contributed by atoms with Crippen LogP contribution in [0.3, 0.4) is 0 Å². The molecule has 0 radical (unpaired) electrons. The molecular formula is C23H24ClF3N2O2. The van der Waals surface area contributed by atoms with Crippen LogP contribution in [0.4, 0.5) is 13.2 Å². The Morgan fingerprint density at radius 1 is 1.10 bits per heavy atom. The average molecular weight is 453 g/mol. The van der Waals surface area contributed by atoms with E-state index in [1.807, 2.05) is 13.8 Å². The zero-order valence-corrected chi connectivity index (χ0v) is 18.2. The summed E-state index contributed by atoms with van der Waals surface area (Å²) < 4.78 is 39.8. The second-order valence-electron chi connectivity index (χ2n) is 8.10. The Hall–Kier alpha value is -2.54. The number of benzene rings is 2. The minimum atomic E-state index is -4.49. The third kappa shape index (κ3) is 5.03. The quantitative estimate of drug-likeness (QED) is 0.649. The Balaban J connectivity index is 1.96. The molecule has 0 spiro atoms. The Labute approximate surface area is 184 Å². The molecule has 2 aromatic rings. The van der Waals surface area contributed by atoms with Gasteiger partial charge in [0.1, 0.15) is 0 Å². The minimum absolute atomic E-state index is 0.0765. The van der Waals surface area contributed by atoms with E-state index in [9.17, 15) is 22.8 Å². The lowest BCUT2D eigenvalue weighted by Crippen LogP contribution is -2.40. The van der Waals surface area contributed by atoms with Gasteiger partial charge in [-0.15, -0.1) is 0 Å². The van der Waals surface area contributed by atoms with Crippen molar-refractivity contribution in [3.05, 3.63) is 70.2 Å². The van der Waals surface area contributed by atoms with E-state index in [1.54, 1.807) is 42.3 Å². The number of halogens is 4. The van der Waals surface area contributed by atoms with Crippen LogP contribution >= 0.6 is 11.6 Å². The van der Waals surface area contributed by atoms with Crippen LogP contribution in [0.1, 0.15) is 41.3 Å². The molecule has 166 valence electrons. The number of likely N-dealkylation sites (tertiary alicyclic amines) is 1. The van der Waals surface area contributed by atoms with E-state index in [1.165, 1.54) is 11.0 Å². The molecule has 2 amide bonds. The molecule has 3 rings (SSSR count). The second-order valence-corrected chi connectivity index (χ2v) is 8.54. The first-order chi connectivity index (χ1) is 14.5. The summed E-state index contributed by atoms with van der Waals surface area (Å²) in [5, 5.41) is 0.409. The van der Waals surface area contributed by atoms with Crippen molar-refractivity contribution >= 4 is 23.4 Å². The van der Waals surface area contributed by atoms with E-state index in [-0.39, 0.29) is 30.9 Å². The number of amides is 2. The molecule has 0 aromatic heterocycles. The maximum atomic E-state index is 13.3. The maximum absolute atomic E-state index is 13.3. The van der Waals surface area contributed by atoms with Gasteiger partial charge < -0.3 is 9.80 Å². The lowest BCUT2D eigenvalue weighted by atomic mass is 9.87. The molecule has 0 unspecified atom stereocenters. The standard InChI is InChI=1S/C23H24ClF3N2O2/c1-14(2)28(3)22(31)20-13-29(21(30)16-7-5-9-18(24)11-16)12-19(20)15-6-4-8-17(10-15)23(25,26)27/h4-11,14,19-20H,12-13H2,1-3H3/t19-,20+/m1/s1. The first-order valence-corrected chi connectivity index (χ1v) is 10.4. The summed E-state index contributed by atoms with van der Waals surface area (Å²) in [5.41, 5.74) is 0.000335. The molecule has 31 heavy (non-hydrogen) atoms. The number of hydrogen-bond donors (Lipinski definition) is 0. The van der Waals surface area contributed by atoms with Crippen molar-refractivity contribution in [2.75, 3.05) is 20.1 Å². The van der Waals surface area contributed by atoms with E-state index < -0.39 is 23.6 Å². The van der Waals surface area contributed by atoms with Gasteiger partial charge in [-0.1, -0.05) is 35.9 Å². The molecule has 0 saturated carbocycles. The van der Waals surface area contributed by atoms with Crippen molar-refractivity contribution in [2.45, 2.75) is 32.0 Å². The van der Waals surface area contributed by atoms with Gasteiger partial charge in [0.2, 0.25) is 5.91 Å². The summed E-state index contributed by atoms with van der Waals surface area (Å²) in [6, 6.07) is 11.4. The Kier molecular flexibility index (Phi) is 6.65. The summed E-state index contributed by atoms with van der Waals surface area (Å²) in [6.45, 7) is 4.00. The molecule has 2 atom stereocenters. The number of carbonyl (C=O) groups is 2. The summed E-state index contributed by atoms with van der Waals surface area (Å²) in [5.74, 6) is -1.68. The van der Waals surface area contributed by atoms with Gasteiger partial charge in [-0.2, -0.15) is 13.2 Å². The molecule has 1 heterocycles. The van der Waals surface area contributed by atoms with Crippen LogP contribution in [0.2, 0.25) is 5.02 Å². The fourth-order valence-corrected chi connectivity index (χ4v) is 4.01. The fourth-order valence-electron chi connectivity index (χ4n) is 3.82. The summed E-state index contributed by atoms with van der Waals surface area (Å²) in [7, 11) is 1.66. The Morgan fingerprint density at radius 2 is 1.77 bits per heavy atom. The van der Waals surface area contributed by atoms with E-state index in [4.69, 9.17) is 11.6 Å². The highest BCUT2D eigenvalue weighted by molar-refractivity contribution is 6.30. The molecule has 8 heteroatoms. The monoisotopic (exact) mass is 452 g/mol. The van der Waals surface area contributed by atoms with Crippen molar-refractivity contribution in [1.82, 2.24) is 9.80 Å². The zero-order chi connectivity index (χ0) is 22.9. The minimum Gasteiger partial charge on any atom is -0.343 e. The van der Waals surface area contributed by atoms with Gasteiger partial charge in [0.15, 0.2) is 0 Å². The van der Waals surface area contributed by atoms with Crippen LogP contribution in [-0.2, 0) is 11.0 Å². The lowest BCUT2D eigenvalue weighted by Gasteiger charge is -2.27. The van der Waals surface area contributed by atoms with Crippen molar-refractivity contribution in [3.63, 3.8) is 0 Å². The molecular weight excluding hydrogens is 429 g/mol. The van der Waals surface area contributed by atoms with Gasteiger partial charge in [0.05, 0.1) is 11.5 Å². The van der Waals surface area contributed by atoms with Crippen LogP contribution in [0.15, 0.2) is 48.5 Å². The van der Waals surface area contributed by atoms with Gasteiger partial charge in [-0.05, 0) is 43.7 Å². The first-order valence-electron chi connectivity index (χ1n) is 9.97. The largest absolute Gasteiger partial charge is 0.416 e. The number of rotatable bonds is 4. The molecule has 0 bridgehead atoms. The predicted octanol–water partition coefficient (Wildman–Crippen LogP) is 5.08. The van der Waals surface area contributed by atoms with Crippen molar-refractivity contribution < 1.29 is 22.8 Å². The number of carbonyl (C=O) groups excluding carboxylic acids is 2. The highest BCUT2D eigenvalue weighted by atomic mass is 35.5. The molecule has 2 aromatic carbocycles.